The number of alkyl halides is 3. The number of rotatable bonds is 6. The first-order chi connectivity index (χ1) is 16.8. The minimum atomic E-state index is -4.80. The van der Waals surface area contributed by atoms with Crippen LogP contribution in [0.1, 0.15) is 66.7 Å². The first-order valence-electron chi connectivity index (χ1n) is 11.2. The van der Waals surface area contributed by atoms with E-state index in [-0.39, 0.29) is 11.3 Å². The molecule has 0 radical (unpaired) electrons. The first-order valence-corrected chi connectivity index (χ1v) is 11.7. The average Bonchev–Trinajstić information content (AvgIpc) is 2.99. The van der Waals surface area contributed by atoms with Gasteiger partial charge in [-0.25, -0.2) is 4.39 Å². The van der Waals surface area contributed by atoms with Crippen LogP contribution in [-0.2, 0) is 11.0 Å². The van der Waals surface area contributed by atoms with Gasteiger partial charge in [0, 0.05) is 24.3 Å². The van der Waals surface area contributed by atoms with Gasteiger partial charge in [-0.05, 0) is 62.2 Å². The van der Waals surface area contributed by atoms with Crippen molar-refractivity contribution in [1.82, 2.24) is 10.2 Å². The van der Waals surface area contributed by atoms with E-state index in [4.69, 9.17) is 5.26 Å². The maximum absolute atomic E-state index is 14.5. The molecule has 2 aromatic carbocycles. The molecule has 36 heavy (non-hydrogen) atoms. The SMILES string of the molecule is CCCC(c1cc(F)cc(C(=O)NC)c1)N1C(S)N(c2ccc(C#N)c(C(F)(F)F)c2)C(=O)C1(C)C. The molecule has 1 aliphatic rings. The smallest absolute Gasteiger partial charge is 0.355 e. The Balaban J connectivity index is 2.13. The first kappa shape index (κ1) is 27.5. The van der Waals surface area contributed by atoms with Gasteiger partial charge in [0.1, 0.15) is 11.3 Å². The summed E-state index contributed by atoms with van der Waals surface area (Å²) in [4.78, 5) is 28.6. The van der Waals surface area contributed by atoms with Gasteiger partial charge in [-0.15, -0.1) is 12.6 Å². The van der Waals surface area contributed by atoms with Gasteiger partial charge in [0.15, 0.2) is 0 Å². The molecule has 1 saturated heterocycles. The van der Waals surface area contributed by atoms with Crippen molar-refractivity contribution in [3.8, 4) is 6.07 Å². The lowest BCUT2D eigenvalue weighted by Gasteiger charge is -2.38. The highest BCUT2D eigenvalue weighted by Gasteiger charge is 2.54. The van der Waals surface area contributed by atoms with Crippen LogP contribution in [0.4, 0.5) is 23.2 Å². The molecule has 3 rings (SSSR count). The van der Waals surface area contributed by atoms with Crippen LogP contribution < -0.4 is 10.2 Å². The van der Waals surface area contributed by atoms with E-state index in [1.54, 1.807) is 18.7 Å². The van der Waals surface area contributed by atoms with Gasteiger partial charge in [-0.3, -0.25) is 19.4 Å². The van der Waals surface area contributed by atoms with Gasteiger partial charge in [0.2, 0.25) is 5.91 Å². The molecule has 1 N–H and O–H groups in total. The number of hydrogen-bond acceptors (Lipinski definition) is 5. The van der Waals surface area contributed by atoms with Gasteiger partial charge < -0.3 is 5.32 Å². The maximum atomic E-state index is 14.5. The molecule has 2 unspecified atom stereocenters. The normalized spacial score (nSPS) is 18.7. The maximum Gasteiger partial charge on any atom is 0.417 e. The van der Waals surface area contributed by atoms with Crippen molar-refractivity contribution < 1.29 is 27.2 Å². The Bertz CT molecular complexity index is 1230. The zero-order valence-electron chi connectivity index (χ0n) is 20.2. The lowest BCUT2D eigenvalue weighted by molar-refractivity contribution is -0.137. The van der Waals surface area contributed by atoms with E-state index < -0.39 is 52.0 Å². The van der Waals surface area contributed by atoms with Crippen LogP contribution >= 0.6 is 12.6 Å². The third-order valence-corrected chi connectivity index (χ3v) is 6.75. The molecule has 2 amide bonds. The largest absolute Gasteiger partial charge is 0.417 e. The Labute approximate surface area is 212 Å². The van der Waals surface area contributed by atoms with E-state index in [1.165, 1.54) is 31.3 Å². The Morgan fingerprint density at radius 2 is 1.92 bits per heavy atom. The molecule has 0 spiro atoms. The number of anilines is 1. The van der Waals surface area contributed by atoms with E-state index in [9.17, 15) is 27.2 Å². The van der Waals surface area contributed by atoms with E-state index >= 15 is 0 Å². The predicted octanol–water partition coefficient (Wildman–Crippen LogP) is 5.26. The molecule has 0 saturated carbocycles. The van der Waals surface area contributed by atoms with E-state index in [2.05, 4.69) is 17.9 Å². The molecule has 2 atom stereocenters. The number of hydrogen-bond donors (Lipinski definition) is 2. The van der Waals surface area contributed by atoms with Crippen molar-refractivity contribution in [1.29, 1.82) is 5.26 Å². The van der Waals surface area contributed by atoms with Crippen molar-refractivity contribution in [2.75, 3.05) is 11.9 Å². The number of amides is 2. The standard InChI is InChI=1S/C25H26F4N4O2S/c1-5-6-20(15-9-16(21(34)31-4)11-17(26)10-15)33-23(36)32(22(35)24(33,2)3)18-8-7-14(13-30)19(12-18)25(27,28)29/h7-12,20,23,36H,5-6H2,1-4H3,(H,31,34). The summed E-state index contributed by atoms with van der Waals surface area (Å²) in [6.07, 6.45) is -3.71. The van der Waals surface area contributed by atoms with Gasteiger partial charge in [0.25, 0.3) is 5.91 Å². The number of carbonyl (C=O) groups is 2. The Hall–Kier alpha value is -3.10. The Kier molecular flexibility index (Phi) is 7.72. The van der Waals surface area contributed by atoms with Crippen molar-refractivity contribution in [2.24, 2.45) is 0 Å². The third kappa shape index (κ3) is 4.92. The fraction of sp³-hybridized carbons (Fsp3) is 0.400. The van der Waals surface area contributed by atoms with Gasteiger partial charge in [0.05, 0.1) is 22.7 Å². The number of carbonyl (C=O) groups excluding carboxylic acids is 2. The third-order valence-electron chi connectivity index (χ3n) is 6.27. The zero-order valence-corrected chi connectivity index (χ0v) is 21.0. The molecular weight excluding hydrogens is 496 g/mol. The van der Waals surface area contributed by atoms with Crippen LogP contribution in [0.15, 0.2) is 36.4 Å². The van der Waals surface area contributed by atoms with Crippen LogP contribution in [0.2, 0.25) is 0 Å². The van der Waals surface area contributed by atoms with Gasteiger partial charge >= 0.3 is 6.18 Å². The molecular formula is C25H26F4N4O2S. The highest BCUT2D eigenvalue weighted by molar-refractivity contribution is 7.81. The number of halogens is 4. The van der Waals surface area contributed by atoms with Crippen molar-refractivity contribution >= 4 is 30.1 Å². The second-order valence-corrected chi connectivity index (χ2v) is 9.45. The predicted molar refractivity (Wildman–Crippen MR) is 130 cm³/mol. The van der Waals surface area contributed by atoms with E-state index in [0.717, 1.165) is 23.1 Å². The molecule has 1 heterocycles. The molecule has 192 valence electrons. The quantitative estimate of drug-likeness (QED) is 0.401. The van der Waals surface area contributed by atoms with Gasteiger partial charge in [-0.2, -0.15) is 18.4 Å². The van der Waals surface area contributed by atoms with Gasteiger partial charge in [-0.1, -0.05) is 13.3 Å². The summed E-state index contributed by atoms with van der Waals surface area (Å²) in [7, 11) is 1.42. The summed E-state index contributed by atoms with van der Waals surface area (Å²) in [6.45, 7) is 5.14. The Morgan fingerprint density at radius 3 is 2.47 bits per heavy atom. The molecule has 2 aromatic rings. The fourth-order valence-electron chi connectivity index (χ4n) is 4.56. The highest BCUT2D eigenvalue weighted by atomic mass is 32.1. The molecule has 11 heteroatoms. The minimum absolute atomic E-state index is 0.0672. The minimum Gasteiger partial charge on any atom is -0.355 e. The van der Waals surface area contributed by atoms with Crippen molar-refractivity contribution in [3.05, 3.63) is 64.5 Å². The van der Waals surface area contributed by atoms with Crippen LogP contribution in [0.5, 0.6) is 0 Å². The van der Waals surface area contributed by atoms with Crippen LogP contribution in [-0.4, -0.2) is 34.8 Å². The molecule has 0 aliphatic carbocycles. The summed E-state index contributed by atoms with van der Waals surface area (Å²) < 4.78 is 55.3. The summed E-state index contributed by atoms with van der Waals surface area (Å²) in [6, 6.07) is 7.92. The second-order valence-electron chi connectivity index (χ2n) is 8.98. The second kappa shape index (κ2) is 10.1. The van der Waals surface area contributed by atoms with Crippen molar-refractivity contribution in [3.63, 3.8) is 0 Å². The summed E-state index contributed by atoms with van der Waals surface area (Å²) in [5.74, 6) is -1.63. The lowest BCUT2D eigenvalue weighted by Crippen LogP contribution is -2.46. The zero-order chi connectivity index (χ0) is 27.0. The fourth-order valence-corrected chi connectivity index (χ4v) is 5.25. The van der Waals surface area contributed by atoms with E-state index in [1.807, 2.05) is 6.92 Å². The summed E-state index contributed by atoms with van der Waals surface area (Å²) in [5.41, 5.74) is -3.49. The van der Waals surface area contributed by atoms with E-state index in [0.29, 0.717) is 18.4 Å². The molecule has 1 fully saturated rings. The number of nitrogens with zero attached hydrogens (tertiary/aromatic N) is 3. The molecule has 6 nitrogen and oxygen atoms in total. The molecule has 0 bridgehead atoms. The van der Waals surface area contributed by atoms with Crippen LogP contribution in [0.25, 0.3) is 0 Å². The van der Waals surface area contributed by atoms with Crippen molar-refractivity contribution in [2.45, 2.75) is 56.9 Å². The summed E-state index contributed by atoms with van der Waals surface area (Å²) in [5, 5.41) is 11.6. The highest BCUT2D eigenvalue weighted by Crippen LogP contribution is 2.45. The summed E-state index contributed by atoms with van der Waals surface area (Å²) >= 11 is 4.63. The Morgan fingerprint density at radius 1 is 1.25 bits per heavy atom. The number of nitriles is 1. The molecule has 0 aromatic heterocycles. The number of benzene rings is 2. The number of thiol groups is 1. The van der Waals surface area contributed by atoms with Crippen LogP contribution in [0.3, 0.4) is 0 Å². The molecule has 1 aliphatic heterocycles. The average molecular weight is 523 g/mol. The topological polar surface area (TPSA) is 76.4 Å². The van der Waals surface area contributed by atoms with Crippen LogP contribution in [0, 0.1) is 17.1 Å². The lowest BCUT2D eigenvalue weighted by atomic mass is 9.93. The number of nitrogens with one attached hydrogen (secondary N) is 1. The monoisotopic (exact) mass is 522 g/mol.